The number of carbonyl (C=O) groups is 2. The molecule has 0 radical (unpaired) electrons. The van der Waals surface area contributed by atoms with E-state index >= 15 is 0 Å². The monoisotopic (exact) mass is 1170 g/mol. The van der Waals surface area contributed by atoms with Crippen LogP contribution in [0.5, 0.6) is 0 Å². The minimum atomic E-state index is -0.665. The summed E-state index contributed by atoms with van der Waals surface area (Å²) in [5.41, 5.74) is 0. The van der Waals surface area contributed by atoms with Gasteiger partial charge in [-0.15, -0.1) is 0 Å². The average Bonchev–Trinajstić information content (AvgIpc) is 3.49. The standard InChI is InChI=1S/C77H149NO5/c1-3-5-7-9-11-13-15-17-19-21-23-24-25-28-31-34-37-41-45-49-53-57-61-65-69-75(80)74(73-79)78-76(81)70-66-62-58-54-50-46-42-38-35-32-29-26-27-30-33-36-40-44-48-52-56-60-64-68-72-83-77(82)71-67-63-59-55-51-47-43-39-22-20-18-16-14-12-10-8-6-4-2/h14,16,20,22,74-75,79-80H,3-13,15,17-19,21,23-73H2,1-2H3,(H,78,81)/b16-14-,22-20-. The number of esters is 1. The lowest BCUT2D eigenvalue weighted by Gasteiger charge is -2.22. The molecule has 0 aliphatic carbocycles. The smallest absolute Gasteiger partial charge is 0.305 e. The third-order valence-corrected chi connectivity index (χ3v) is 18.0. The molecule has 492 valence electrons. The van der Waals surface area contributed by atoms with Crippen molar-refractivity contribution >= 4 is 11.9 Å². The highest BCUT2D eigenvalue weighted by Gasteiger charge is 2.20. The van der Waals surface area contributed by atoms with Crippen molar-refractivity contribution in [3.63, 3.8) is 0 Å². The Morgan fingerprint density at radius 3 is 0.928 bits per heavy atom. The molecule has 3 N–H and O–H groups in total. The lowest BCUT2D eigenvalue weighted by molar-refractivity contribution is -0.143. The third kappa shape index (κ3) is 69.3. The van der Waals surface area contributed by atoms with Gasteiger partial charge in [0.2, 0.25) is 5.91 Å². The molecule has 0 aromatic rings. The summed E-state index contributed by atoms with van der Waals surface area (Å²) < 4.78 is 5.51. The Morgan fingerprint density at radius 1 is 0.337 bits per heavy atom. The number of aliphatic hydroxyl groups excluding tert-OH is 2. The van der Waals surface area contributed by atoms with Gasteiger partial charge in [-0.2, -0.15) is 0 Å². The Hall–Kier alpha value is -1.66. The van der Waals surface area contributed by atoms with Crippen LogP contribution in [0.4, 0.5) is 0 Å². The van der Waals surface area contributed by atoms with E-state index < -0.39 is 12.1 Å². The molecule has 0 aliphatic rings. The van der Waals surface area contributed by atoms with Gasteiger partial charge in [-0.05, 0) is 57.8 Å². The van der Waals surface area contributed by atoms with Crippen molar-refractivity contribution in [3.05, 3.63) is 24.3 Å². The van der Waals surface area contributed by atoms with Crippen LogP contribution >= 0.6 is 0 Å². The Balaban J connectivity index is 3.36. The van der Waals surface area contributed by atoms with Gasteiger partial charge in [0.15, 0.2) is 0 Å². The summed E-state index contributed by atoms with van der Waals surface area (Å²) in [7, 11) is 0. The van der Waals surface area contributed by atoms with E-state index in [2.05, 4.69) is 43.5 Å². The van der Waals surface area contributed by atoms with E-state index in [1.54, 1.807) is 0 Å². The van der Waals surface area contributed by atoms with Crippen LogP contribution in [0.3, 0.4) is 0 Å². The summed E-state index contributed by atoms with van der Waals surface area (Å²) in [6.07, 6.45) is 92.4. The highest BCUT2D eigenvalue weighted by atomic mass is 16.5. The summed E-state index contributed by atoms with van der Waals surface area (Å²) in [6, 6.07) is -0.542. The lowest BCUT2D eigenvalue weighted by Crippen LogP contribution is -2.45. The zero-order chi connectivity index (χ0) is 59.9. The number of unbranched alkanes of at least 4 members (excludes halogenated alkanes) is 57. The molecule has 0 saturated carbocycles. The van der Waals surface area contributed by atoms with Gasteiger partial charge in [0.1, 0.15) is 0 Å². The summed E-state index contributed by atoms with van der Waals surface area (Å²) >= 11 is 0. The first-order valence-corrected chi connectivity index (χ1v) is 38.1. The SMILES string of the molecule is CCCCCC/C=C\C/C=C\CCCCCCCCCC(=O)OCCCCCCCCCCCCCCCCCCCCCCCCCCC(=O)NC(CO)C(O)CCCCCCCCCCCCCCCCCCCCCCCCCC. The molecule has 0 aromatic heterocycles. The minimum absolute atomic E-state index is 0.00936. The predicted octanol–water partition coefficient (Wildman–Crippen LogP) is 24.9. The van der Waals surface area contributed by atoms with E-state index in [-0.39, 0.29) is 18.5 Å². The molecule has 0 rings (SSSR count). The van der Waals surface area contributed by atoms with E-state index in [0.717, 1.165) is 51.4 Å². The number of hydrogen-bond donors (Lipinski definition) is 3. The van der Waals surface area contributed by atoms with Crippen molar-refractivity contribution in [2.45, 2.75) is 443 Å². The predicted molar refractivity (Wildman–Crippen MR) is 366 cm³/mol. The van der Waals surface area contributed by atoms with Crippen molar-refractivity contribution in [3.8, 4) is 0 Å². The maximum Gasteiger partial charge on any atom is 0.305 e. The lowest BCUT2D eigenvalue weighted by atomic mass is 10.0. The second kappa shape index (κ2) is 72.8. The van der Waals surface area contributed by atoms with Crippen molar-refractivity contribution in [2.24, 2.45) is 0 Å². The molecule has 0 fully saturated rings. The van der Waals surface area contributed by atoms with Crippen LogP contribution in [-0.4, -0.2) is 47.4 Å². The van der Waals surface area contributed by atoms with E-state index in [1.165, 1.54) is 347 Å². The second-order valence-corrected chi connectivity index (χ2v) is 26.3. The van der Waals surface area contributed by atoms with Crippen molar-refractivity contribution < 1.29 is 24.5 Å². The Morgan fingerprint density at radius 2 is 0.602 bits per heavy atom. The quantitative estimate of drug-likeness (QED) is 0.0320. The van der Waals surface area contributed by atoms with E-state index in [0.29, 0.717) is 25.9 Å². The number of hydrogen-bond acceptors (Lipinski definition) is 5. The largest absolute Gasteiger partial charge is 0.466 e. The molecule has 6 heteroatoms. The first-order valence-electron chi connectivity index (χ1n) is 38.1. The number of carbonyl (C=O) groups excluding carboxylic acids is 2. The maximum atomic E-state index is 12.6. The normalized spacial score (nSPS) is 12.6. The van der Waals surface area contributed by atoms with Gasteiger partial charge >= 0.3 is 5.97 Å². The van der Waals surface area contributed by atoms with E-state index in [1.807, 2.05) is 0 Å². The molecule has 2 unspecified atom stereocenters. The Bertz CT molecular complexity index is 1300. The average molecular weight is 1170 g/mol. The minimum Gasteiger partial charge on any atom is -0.466 e. The number of rotatable bonds is 72. The van der Waals surface area contributed by atoms with Crippen LogP contribution in [0.15, 0.2) is 24.3 Å². The topological polar surface area (TPSA) is 95.9 Å². The second-order valence-electron chi connectivity index (χ2n) is 26.3. The molecule has 6 nitrogen and oxygen atoms in total. The molecule has 83 heavy (non-hydrogen) atoms. The number of ether oxygens (including phenoxy) is 1. The molecule has 0 heterocycles. The summed E-state index contributed by atoms with van der Waals surface area (Å²) in [5.74, 6) is -0.0191. The van der Waals surface area contributed by atoms with E-state index in [9.17, 15) is 19.8 Å². The van der Waals surface area contributed by atoms with Crippen LogP contribution in [0.25, 0.3) is 0 Å². The fraction of sp³-hybridized carbons (Fsp3) is 0.922. The van der Waals surface area contributed by atoms with Crippen LogP contribution in [-0.2, 0) is 14.3 Å². The van der Waals surface area contributed by atoms with Gasteiger partial charge in [-0.3, -0.25) is 9.59 Å². The fourth-order valence-electron chi connectivity index (χ4n) is 12.2. The number of amides is 1. The first-order chi connectivity index (χ1) is 41.0. The zero-order valence-electron chi connectivity index (χ0n) is 56.5. The van der Waals surface area contributed by atoms with Crippen molar-refractivity contribution in [1.82, 2.24) is 5.32 Å². The molecule has 1 amide bonds. The molecule has 2 atom stereocenters. The molecule has 0 aliphatic heterocycles. The summed E-state index contributed by atoms with van der Waals surface area (Å²) in [5, 5.41) is 23.5. The van der Waals surface area contributed by atoms with Crippen LogP contribution in [0.2, 0.25) is 0 Å². The van der Waals surface area contributed by atoms with Crippen LogP contribution < -0.4 is 5.32 Å². The Labute approximate surface area is 520 Å². The maximum absolute atomic E-state index is 12.6. The highest BCUT2D eigenvalue weighted by molar-refractivity contribution is 5.76. The van der Waals surface area contributed by atoms with Crippen molar-refractivity contribution in [1.29, 1.82) is 0 Å². The third-order valence-electron chi connectivity index (χ3n) is 18.0. The molecule has 0 spiro atoms. The van der Waals surface area contributed by atoms with Crippen molar-refractivity contribution in [2.75, 3.05) is 13.2 Å². The highest BCUT2D eigenvalue weighted by Crippen LogP contribution is 2.20. The number of nitrogens with one attached hydrogen (secondary N) is 1. The van der Waals surface area contributed by atoms with Gasteiger partial charge in [-0.25, -0.2) is 0 Å². The summed E-state index contributed by atoms with van der Waals surface area (Å²) in [6.45, 7) is 4.98. The Kier molecular flexibility index (Phi) is 71.4. The fourth-order valence-corrected chi connectivity index (χ4v) is 12.2. The summed E-state index contributed by atoms with van der Waals surface area (Å²) in [4.78, 5) is 24.7. The molecule has 0 saturated heterocycles. The van der Waals surface area contributed by atoms with E-state index in [4.69, 9.17) is 4.74 Å². The number of allylic oxidation sites excluding steroid dienone is 4. The zero-order valence-corrected chi connectivity index (χ0v) is 56.5. The molecular formula is C77H149NO5. The molecule has 0 aromatic carbocycles. The molecule has 0 bridgehead atoms. The van der Waals surface area contributed by atoms with Gasteiger partial charge < -0.3 is 20.3 Å². The first kappa shape index (κ1) is 81.3. The van der Waals surface area contributed by atoms with Gasteiger partial charge in [-0.1, -0.05) is 385 Å². The van der Waals surface area contributed by atoms with Gasteiger partial charge in [0.25, 0.3) is 0 Å². The van der Waals surface area contributed by atoms with Gasteiger partial charge in [0.05, 0.1) is 25.4 Å². The van der Waals surface area contributed by atoms with Crippen LogP contribution in [0, 0.1) is 0 Å². The van der Waals surface area contributed by atoms with Crippen LogP contribution in [0.1, 0.15) is 431 Å². The molecular weight excluding hydrogens is 1020 g/mol. The van der Waals surface area contributed by atoms with Gasteiger partial charge in [0, 0.05) is 12.8 Å². The number of aliphatic hydroxyl groups is 2.